The van der Waals surface area contributed by atoms with E-state index < -0.39 is 17.3 Å². The number of Topliss-reactive ketones (excluding diaryl/α,β-unsaturated/α-hetero) is 1. The van der Waals surface area contributed by atoms with E-state index in [0.29, 0.717) is 12.8 Å². The van der Waals surface area contributed by atoms with Gasteiger partial charge in [-0.1, -0.05) is 25.5 Å². The predicted octanol–water partition coefficient (Wildman–Crippen LogP) is 2.88. The van der Waals surface area contributed by atoms with Gasteiger partial charge in [0.1, 0.15) is 11.7 Å². The summed E-state index contributed by atoms with van der Waals surface area (Å²) in [5.41, 5.74) is -0.176. The number of ether oxygens (including phenoxy) is 2. The minimum Gasteiger partial charge on any atom is -0.389 e. The van der Waals surface area contributed by atoms with Crippen LogP contribution in [0.4, 0.5) is 0 Å². The van der Waals surface area contributed by atoms with Crippen molar-refractivity contribution in [3.05, 3.63) is 11.6 Å². The van der Waals surface area contributed by atoms with Crippen LogP contribution in [0, 0.1) is 11.8 Å². The third-order valence-corrected chi connectivity index (χ3v) is 5.52. The third kappa shape index (κ3) is 2.89. The van der Waals surface area contributed by atoms with Crippen LogP contribution in [0.5, 0.6) is 0 Å². The number of hydrogen-bond donors (Lipinski definition) is 1. The van der Waals surface area contributed by atoms with Gasteiger partial charge in [-0.05, 0) is 39.5 Å². The lowest BCUT2D eigenvalue weighted by Gasteiger charge is -2.47. The molecule has 1 saturated heterocycles. The molecule has 1 aliphatic carbocycles. The van der Waals surface area contributed by atoms with Gasteiger partial charge in [-0.25, -0.2) is 0 Å². The molecule has 0 spiro atoms. The number of epoxide rings is 1. The largest absolute Gasteiger partial charge is 0.389 e. The van der Waals surface area contributed by atoms with Gasteiger partial charge in [0.25, 0.3) is 0 Å². The average molecular weight is 310 g/mol. The Bertz CT molecular complexity index is 466. The Balaban J connectivity index is 2.30. The normalized spacial score (nSPS) is 41.6. The van der Waals surface area contributed by atoms with E-state index in [4.69, 9.17) is 9.47 Å². The maximum absolute atomic E-state index is 12.3. The van der Waals surface area contributed by atoms with Crippen LogP contribution < -0.4 is 0 Å². The summed E-state index contributed by atoms with van der Waals surface area (Å²) in [6.07, 6.45) is 3.29. The molecule has 2 fully saturated rings. The summed E-state index contributed by atoms with van der Waals surface area (Å²) in [4.78, 5) is 12.3. The van der Waals surface area contributed by atoms with Crippen molar-refractivity contribution < 1.29 is 19.4 Å². The van der Waals surface area contributed by atoms with E-state index in [-0.39, 0.29) is 23.7 Å². The molecule has 0 radical (unpaired) electrons. The lowest BCUT2D eigenvalue weighted by molar-refractivity contribution is -0.174. The zero-order valence-electron chi connectivity index (χ0n) is 14.7. The molecule has 4 heteroatoms. The van der Waals surface area contributed by atoms with Crippen molar-refractivity contribution in [3.63, 3.8) is 0 Å². The second-order valence-corrected chi connectivity index (χ2v) is 7.55. The van der Waals surface area contributed by atoms with E-state index in [2.05, 4.69) is 19.9 Å². The highest BCUT2D eigenvalue weighted by atomic mass is 16.6. The van der Waals surface area contributed by atoms with Crippen LogP contribution in [0.3, 0.4) is 0 Å². The van der Waals surface area contributed by atoms with Crippen molar-refractivity contribution in [2.24, 2.45) is 11.8 Å². The molecule has 1 aliphatic heterocycles. The van der Waals surface area contributed by atoms with Gasteiger partial charge in [0.05, 0.1) is 17.6 Å². The Morgan fingerprint density at radius 1 is 1.50 bits per heavy atom. The van der Waals surface area contributed by atoms with E-state index in [9.17, 15) is 9.90 Å². The van der Waals surface area contributed by atoms with Crippen molar-refractivity contribution in [2.45, 2.75) is 77.3 Å². The minimum absolute atomic E-state index is 0.0428. The monoisotopic (exact) mass is 310 g/mol. The molecule has 1 N–H and O–H groups in total. The van der Waals surface area contributed by atoms with Crippen molar-refractivity contribution in [1.82, 2.24) is 0 Å². The smallest absolute Gasteiger partial charge is 0.162 e. The summed E-state index contributed by atoms with van der Waals surface area (Å²) >= 11 is 0. The van der Waals surface area contributed by atoms with Crippen LogP contribution >= 0.6 is 0 Å². The summed E-state index contributed by atoms with van der Waals surface area (Å²) in [5, 5.41) is 11.3. The number of methoxy groups -OCH3 is 1. The Labute approximate surface area is 133 Å². The quantitative estimate of drug-likeness (QED) is 0.626. The number of carbonyl (C=O) groups excluding carboxylic acids is 1. The average Bonchev–Trinajstić information content (AvgIpc) is 3.10. The lowest BCUT2D eigenvalue weighted by atomic mass is 9.62. The molecule has 22 heavy (non-hydrogen) atoms. The predicted molar refractivity (Wildman–Crippen MR) is 85.6 cm³/mol. The highest BCUT2D eigenvalue weighted by molar-refractivity contribution is 5.85. The Morgan fingerprint density at radius 3 is 2.64 bits per heavy atom. The Morgan fingerprint density at radius 2 is 2.14 bits per heavy atom. The highest BCUT2D eigenvalue weighted by Crippen LogP contribution is 2.55. The number of hydrogen-bond acceptors (Lipinski definition) is 4. The second kappa shape index (κ2) is 6.06. The molecule has 0 unspecified atom stereocenters. The molecular weight excluding hydrogens is 280 g/mol. The second-order valence-electron chi connectivity index (χ2n) is 7.55. The fraction of sp³-hybridized carbons (Fsp3) is 0.833. The maximum atomic E-state index is 12.3. The molecule has 2 rings (SSSR count). The third-order valence-electron chi connectivity index (χ3n) is 5.52. The Hall–Kier alpha value is -0.710. The van der Waals surface area contributed by atoms with Crippen LogP contribution in [0.1, 0.15) is 53.9 Å². The van der Waals surface area contributed by atoms with Gasteiger partial charge < -0.3 is 14.6 Å². The number of carbonyl (C=O) groups is 1. The molecule has 4 nitrogen and oxygen atoms in total. The van der Waals surface area contributed by atoms with Crippen LogP contribution in [0.25, 0.3) is 0 Å². The van der Waals surface area contributed by atoms with Gasteiger partial charge in [0, 0.05) is 13.5 Å². The molecule has 5 atom stereocenters. The van der Waals surface area contributed by atoms with Gasteiger partial charge in [-0.15, -0.1) is 0 Å². The van der Waals surface area contributed by atoms with Gasteiger partial charge in [0.2, 0.25) is 0 Å². The van der Waals surface area contributed by atoms with E-state index in [0.717, 1.165) is 6.42 Å². The van der Waals surface area contributed by atoms with E-state index in [1.807, 2.05) is 20.8 Å². The van der Waals surface area contributed by atoms with Gasteiger partial charge in [0.15, 0.2) is 5.78 Å². The van der Waals surface area contributed by atoms with E-state index >= 15 is 0 Å². The minimum atomic E-state index is -0.928. The fourth-order valence-corrected chi connectivity index (χ4v) is 3.95. The fourth-order valence-electron chi connectivity index (χ4n) is 3.95. The molecule has 1 saturated carbocycles. The molecule has 2 aliphatic rings. The number of aliphatic hydroxyl groups is 1. The molecule has 0 aromatic heterocycles. The standard InChI is InChI=1S/C18H30O4/c1-11(2)7-8-14-17(5,22-14)16-15(21-6)13(19)9-10-18(16,20)12(3)4/h7,12,14-16,20H,8-10H2,1-6H3/t14-,15-,16-,17+,18+/m1/s1. The number of allylic oxidation sites excluding steroid dienone is 1. The zero-order chi connectivity index (χ0) is 16.7. The molecule has 0 aromatic carbocycles. The number of rotatable bonds is 5. The first-order valence-electron chi connectivity index (χ1n) is 8.26. The van der Waals surface area contributed by atoms with Crippen molar-refractivity contribution >= 4 is 5.78 Å². The molecule has 0 bridgehead atoms. The summed E-state index contributed by atoms with van der Waals surface area (Å²) < 4.78 is 11.5. The number of ketones is 1. The van der Waals surface area contributed by atoms with E-state index in [1.54, 1.807) is 7.11 Å². The van der Waals surface area contributed by atoms with Crippen LogP contribution in [-0.4, -0.2) is 41.4 Å². The molecular formula is C18H30O4. The first-order valence-corrected chi connectivity index (χ1v) is 8.26. The van der Waals surface area contributed by atoms with Crippen LogP contribution in [-0.2, 0) is 14.3 Å². The summed E-state index contributed by atoms with van der Waals surface area (Å²) in [6.45, 7) is 10.1. The zero-order valence-corrected chi connectivity index (χ0v) is 14.7. The Kier molecular flexibility index (Phi) is 4.86. The molecule has 0 amide bonds. The van der Waals surface area contributed by atoms with Crippen LogP contribution in [0.15, 0.2) is 11.6 Å². The van der Waals surface area contributed by atoms with E-state index in [1.165, 1.54) is 5.57 Å². The molecule has 0 aromatic rings. The van der Waals surface area contributed by atoms with Crippen molar-refractivity contribution in [3.8, 4) is 0 Å². The topological polar surface area (TPSA) is 59.1 Å². The first-order chi connectivity index (χ1) is 10.2. The highest BCUT2D eigenvalue weighted by Gasteiger charge is 2.67. The van der Waals surface area contributed by atoms with Crippen molar-refractivity contribution in [2.75, 3.05) is 7.11 Å². The van der Waals surface area contributed by atoms with Crippen molar-refractivity contribution in [1.29, 1.82) is 0 Å². The van der Waals surface area contributed by atoms with Gasteiger partial charge in [-0.2, -0.15) is 0 Å². The first kappa shape index (κ1) is 17.6. The lowest BCUT2D eigenvalue weighted by Crippen LogP contribution is -2.60. The summed E-state index contributed by atoms with van der Waals surface area (Å²) in [7, 11) is 1.55. The molecule has 126 valence electrons. The van der Waals surface area contributed by atoms with Gasteiger partial charge in [-0.3, -0.25) is 4.79 Å². The van der Waals surface area contributed by atoms with Crippen LogP contribution in [0.2, 0.25) is 0 Å². The SMILES string of the molecule is CO[C@@H]1C(=O)CC[C@](O)(C(C)C)[C@H]1[C@@]1(C)O[C@@H]1CC=C(C)C. The summed E-state index contributed by atoms with van der Waals surface area (Å²) in [6, 6.07) is 0. The van der Waals surface area contributed by atoms with Gasteiger partial charge >= 0.3 is 0 Å². The molecule has 1 heterocycles. The maximum Gasteiger partial charge on any atom is 0.162 e. The summed E-state index contributed by atoms with van der Waals surface area (Å²) in [5.74, 6) is -0.189.